The van der Waals surface area contributed by atoms with Crippen molar-refractivity contribution in [2.75, 3.05) is 0 Å². The highest BCUT2D eigenvalue weighted by atomic mass is 16.8. The van der Waals surface area contributed by atoms with E-state index < -0.39 is 42.5 Å². The molecular formula is C12H16O6. The van der Waals surface area contributed by atoms with E-state index in [-0.39, 0.29) is 0 Å². The van der Waals surface area contributed by atoms with Gasteiger partial charge in [-0.05, 0) is 12.8 Å². The van der Waals surface area contributed by atoms with Gasteiger partial charge in [0.05, 0.1) is 0 Å². The number of carbonyl (C=O) groups excluding carboxylic acids is 1. The van der Waals surface area contributed by atoms with Gasteiger partial charge < -0.3 is 24.1 Å². The molecule has 5 unspecified atom stereocenters. The number of rotatable bonds is 0. The van der Waals surface area contributed by atoms with Crippen LogP contribution >= 0.6 is 0 Å². The fourth-order valence-electron chi connectivity index (χ4n) is 3.41. The van der Waals surface area contributed by atoms with E-state index in [2.05, 4.69) is 0 Å². The number of aliphatic hydroxyl groups excluding tert-OH is 1. The molecule has 4 rings (SSSR count). The Morgan fingerprint density at radius 3 is 2.61 bits per heavy atom. The van der Waals surface area contributed by atoms with Crippen molar-refractivity contribution >= 4 is 5.97 Å². The molecule has 6 nitrogen and oxygen atoms in total. The maximum Gasteiger partial charge on any atom is 0.338 e. The molecule has 5 atom stereocenters. The summed E-state index contributed by atoms with van der Waals surface area (Å²) in [5.74, 6) is -1.19. The molecule has 6 heteroatoms. The van der Waals surface area contributed by atoms with Crippen molar-refractivity contribution in [1.29, 1.82) is 0 Å². The van der Waals surface area contributed by atoms with Crippen molar-refractivity contribution in [3.63, 3.8) is 0 Å². The minimum absolute atomic E-state index is 0.394. The highest BCUT2D eigenvalue weighted by Gasteiger charge is 2.64. The first-order valence-electron chi connectivity index (χ1n) is 6.58. The lowest BCUT2D eigenvalue weighted by Crippen LogP contribution is -2.39. The van der Waals surface area contributed by atoms with Crippen LogP contribution in [0.5, 0.6) is 0 Å². The summed E-state index contributed by atoms with van der Waals surface area (Å²) >= 11 is 0. The third-order valence-electron chi connectivity index (χ3n) is 4.31. The van der Waals surface area contributed by atoms with Crippen molar-refractivity contribution in [3.8, 4) is 0 Å². The Kier molecular flexibility index (Phi) is 2.27. The van der Waals surface area contributed by atoms with Gasteiger partial charge in [0.25, 0.3) is 0 Å². The van der Waals surface area contributed by atoms with E-state index in [0.29, 0.717) is 0 Å². The lowest BCUT2D eigenvalue weighted by molar-refractivity contribution is -0.245. The zero-order valence-corrected chi connectivity index (χ0v) is 9.91. The predicted molar refractivity (Wildman–Crippen MR) is 56.3 cm³/mol. The van der Waals surface area contributed by atoms with Crippen LogP contribution in [-0.4, -0.2) is 47.6 Å². The Hall–Kier alpha value is -0.690. The first-order chi connectivity index (χ1) is 8.69. The molecule has 18 heavy (non-hydrogen) atoms. The van der Waals surface area contributed by atoms with Crippen LogP contribution in [0.15, 0.2) is 0 Å². The standard InChI is InChI=1S/C12H16O6/c13-6-7-8(15-10(6)14)9-11(16-7)18-12(17-9)4-2-1-3-5-12/h6-9,11,13H,1-5H2. The fourth-order valence-corrected chi connectivity index (χ4v) is 3.41. The first-order valence-corrected chi connectivity index (χ1v) is 6.58. The van der Waals surface area contributed by atoms with Crippen LogP contribution < -0.4 is 0 Å². The van der Waals surface area contributed by atoms with Gasteiger partial charge in [-0.1, -0.05) is 6.42 Å². The largest absolute Gasteiger partial charge is 0.454 e. The van der Waals surface area contributed by atoms with Gasteiger partial charge in [-0.15, -0.1) is 0 Å². The van der Waals surface area contributed by atoms with Gasteiger partial charge in [0, 0.05) is 12.8 Å². The van der Waals surface area contributed by atoms with Crippen molar-refractivity contribution in [2.24, 2.45) is 0 Å². The van der Waals surface area contributed by atoms with Gasteiger partial charge in [0.1, 0.15) is 6.10 Å². The second-order valence-corrected chi connectivity index (χ2v) is 5.49. The Bertz CT molecular complexity index is 377. The van der Waals surface area contributed by atoms with Crippen LogP contribution in [0, 0.1) is 0 Å². The summed E-state index contributed by atoms with van der Waals surface area (Å²) in [5, 5.41) is 9.61. The minimum Gasteiger partial charge on any atom is -0.454 e. The van der Waals surface area contributed by atoms with Crippen LogP contribution in [-0.2, 0) is 23.7 Å². The maximum atomic E-state index is 11.3. The molecule has 4 aliphatic rings. The molecular weight excluding hydrogens is 240 g/mol. The molecule has 1 saturated carbocycles. The van der Waals surface area contributed by atoms with E-state index in [9.17, 15) is 9.90 Å². The molecule has 3 saturated heterocycles. The number of esters is 1. The zero-order valence-electron chi connectivity index (χ0n) is 9.91. The molecule has 1 N–H and O–H groups in total. The summed E-state index contributed by atoms with van der Waals surface area (Å²) in [6, 6.07) is 0. The van der Waals surface area contributed by atoms with Crippen LogP contribution in [0.25, 0.3) is 0 Å². The highest BCUT2D eigenvalue weighted by Crippen LogP contribution is 2.47. The normalized spacial score (nSPS) is 49.2. The quantitative estimate of drug-likeness (QED) is 0.618. The van der Waals surface area contributed by atoms with Crippen molar-refractivity contribution in [3.05, 3.63) is 0 Å². The molecule has 100 valence electrons. The monoisotopic (exact) mass is 256 g/mol. The van der Waals surface area contributed by atoms with Crippen LogP contribution in [0.2, 0.25) is 0 Å². The summed E-state index contributed by atoms with van der Waals surface area (Å²) in [6.45, 7) is 0. The van der Waals surface area contributed by atoms with Gasteiger partial charge >= 0.3 is 5.97 Å². The molecule has 0 aromatic carbocycles. The number of ether oxygens (including phenoxy) is 4. The molecule has 3 heterocycles. The Morgan fingerprint density at radius 2 is 1.83 bits per heavy atom. The van der Waals surface area contributed by atoms with Gasteiger partial charge in [0.2, 0.25) is 0 Å². The second-order valence-electron chi connectivity index (χ2n) is 5.49. The van der Waals surface area contributed by atoms with E-state index in [0.717, 1.165) is 25.7 Å². The molecule has 0 bridgehead atoms. The molecule has 1 spiro atoms. The van der Waals surface area contributed by atoms with E-state index >= 15 is 0 Å². The average molecular weight is 256 g/mol. The molecule has 3 aliphatic heterocycles. The highest BCUT2D eigenvalue weighted by molar-refractivity contribution is 5.78. The SMILES string of the molecule is O=C1OC2C3OC4(CCCCC4)OC3OC2C1O. The van der Waals surface area contributed by atoms with Crippen molar-refractivity contribution < 1.29 is 28.8 Å². The number of carbonyl (C=O) groups is 1. The van der Waals surface area contributed by atoms with Gasteiger partial charge in [-0.2, -0.15) is 0 Å². The lowest BCUT2D eigenvalue weighted by atomic mass is 9.94. The smallest absolute Gasteiger partial charge is 0.338 e. The second kappa shape index (κ2) is 3.66. The summed E-state index contributed by atoms with van der Waals surface area (Å²) in [6.07, 6.45) is 1.78. The molecule has 0 radical (unpaired) electrons. The third-order valence-corrected chi connectivity index (χ3v) is 4.31. The zero-order chi connectivity index (χ0) is 12.3. The summed E-state index contributed by atoms with van der Waals surface area (Å²) in [4.78, 5) is 11.3. The minimum atomic E-state index is -1.21. The molecule has 4 fully saturated rings. The molecule has 0 aromatic heterocycles. The number of fused-ring (bicyclic) bond motifs is 3. The number of hydrogen-bond donors (Lipinski definition) is 1. The molecule has 0 aromatic rings. The van der Waals surface area contributed by atoms with E-state index in [1.54, 1.807) is 0 Å². The summed E-state index contributed by atoms with van der Waals surface area (Å²) < 4.78 is 22.6. The van der Waals surface area contributed by atoms with Gasteiger partial charge in [0.15, 0.2) is 30.4 Å². The number of aliphatic hydroxyl groups is 1. The lowest BCUT2D eigenvalue weighted by Gasteiger charge is -2.33. The topological polar surface area (TPSA) is 74.2 Å². The Balaban J connectivity index is 1.54. The predicted octanol–water partition coefficient (Wildman–Crippen LogP) is 0.0734. The third kappa shape index (κ3) is 1.40. The average Bonchev–Trinajstić information content (AvgIpc) is 2.93. The van der Waals surface area contributed by atoms with E-state index in [1.807, 2.05) is 0 Å². The van der Waals surface area contributed by atoms with Crippen LogP contribution in [0.1, 0.15) is 32.1 Å². The fraction of sp³-hybridized carbons (Fsp3) is 0.917. The van der Waals surface area contributed by atoms with Crippen LogP contribution in [0.4, 0.5) is 0 Å². The van der Waals surface area contributed by atoms with E-state index in [4.69, 9.17) is 18.9 Å². The summed E-state index contributed by atoms with van der Waals surface area (Å²) in [5.41, 5.74) is 0. The molecule has 1 aliphatic carbocycles. The van der Waals surface area contributed by atoms with E-state index in [1.165, 1.54) is 6.42 Å². The van der Waals surface area contributed by atoms with Gasteiger partial charge in [-0.3, -0.25) is 0 Å². The Labute approximate surface area is 104 Å². The maximum absolute atomic E-state index is 11.3. The first kappa shape index (κ1) is 11.2. The van der Waals surface area contributed by atoms with Crippen molar-refractivity contribution in [1.82, 2.24) is 0 Å². The Morgan fingerprint density at radius 1 is 1.06 bits per heavy atom. The van der Waals surface area contributed by atoms with Crippen LogP contribution in [0.3, 0.4) is 0 Å². The van der Waals surface area contributed by atoms with Crippen molar-refractivity contribution in [2.45, 2.75) is 68.6 Å². The summed E-state index contributed by atoms with van der Waals surface area (Å²) in [7, 11) is 0. The van der Waals surface area contributed by atoms with Gasteiger partial charge in [-0.25, -0.2) is 4.79 Å². The number of hydrogen-bond acceptors (Lipinski definition) is 6. The molecule has 0 amide bonds.